The minimum atomic E-state index is -0.199. The third-order valence-electron chi connectivity index (χ3n) is 5.07. The van der Waals surface area contributed by atoms with Crippen LogP contribution in [0.1, 0.15) is 30.1 Å². The Morgan fingerprint density at radius 1 is 1.35 bits per heavy atom. The van der Waals surface area contributed by atoms with Gasteiger partial charge in [0.25, 0.3) is 5.91 Å². The highest BCUT2D eigenvalue weighted by Gasteiger charge is 2.30. The van der Waals surface area contributed by atoms with Crippen molar-refractivity contribution in [2.24, 2.45) is 7.05 Å². The molecule has 0 spiro atoms. The Labute approximate surface area is 154 Å². The molecule has 0 radical (unpaired) electrons. The number of oxazole rings is 1. The fourth-order valence-electron chi connectivity index (χ4n) is 3.21. The molecule has 8 heteroatoms. The maximum absolute atomic E-state index is 12.5. The van der Waals surface area contributed by atoms with Crippen molar-refractivity contribution in [3.63, 3.8) is 0 Å². The van der Waals surface area contributed by atoms with Crippen LogP contribution < -0.4 is 5.32 Å². The maximum Gasteiger partial charge on any atom is 0.273 e. The summed E-state index contributed by atoms with van der Waals surface area (Å²) in [5.74, 6) is 0.735. The van der Waals surface area contributed by atoms with Gasteiger partial charge < -0.3 is 9.73 Å². The summed E-state index contributed by atoms with van der Waals surface area (Å²) in [6, 6.07) is 0. The van der Waals surface area contributed by atoms with E-state index in [-0.39, 0.29) is 11.4 Å². The van der Waals surface area contributed by atoms with Crippen LogP contribution in [0, 0.1) is 6.92 Å². The zero-order valence-electron chi connectivity index (χ0n) is 16.2. The quantitative estimate of drug-likeness (QED) is 0.861. The number of rotatable bonds is 5. The Morgan fingerprint density at radius 2 is 2.12 bits per heavy atom. The summed E-state index contributed by atoms with van der Waals surface area (Å²) in [4.78, 5) is 21.6. The number of carbonyl (C=O) groups is 1. The average Bonchev–Trinajstić information content (AvgIpc) is 3.16. The lowest BCUT2D eigenvalue weighted by Gasteiger charge is -2.45. The Morgan fingerprint density at radius 3 is 2.77 bits per heavy atom. The molecule has 0 unspecified atom stereocenters. The molecule has 142 valence electrons. The fourth-order valence-corrected chi connectivity index (χ4v) is 3.21. The molecule has 2 aromatic heterocycles. The molecule has 0 bridgehead atoms. The van der Waals surface area contributed by atoms with Crippen molar-refractivity contribution in [1.82, 2.24) is 29.9 Å². The zero-order chi connectivity index (χ0) is 18.9. The van der Waals surface area contributed by atoms with Crippen molar-refractivity contribution in [3.8, 4) is 11.5 Å². The molecular weight excluding hydrogens is 332 g/mol. The number of nitrogens with one attached hydrogen (secondary N) is 1. The molecule has 1 aliphatic heterocycles. The second-order valence-electron chi connectivity index (χ2n) is 7.59. The number of piperazine rings is 1. The van der Waals surface area contributed by atoms with Gasteiger partial charge in [-0.25, -0.2) is 4.98 Å². The van der Waals surface area contributed by atoms with Gasteiger partial charge in [0.05, 0.1) is 11.8 Å². The summed E-state index contributed by atoms with van der Waals surface area (Å²) in [5.41, 5.74) is 1.25. The van der Waals surface area contributed by atoms with Gasteiger partial charge in [0.2, 0.25) is 5.89 Å². The van der Waals surface area contributed by atoms with E-state index < -0.39 is 0 Å². The van der Waals surface area contributed by atoms with Gasteiger partial charge in [-0.05, 0) is 27.8 Å². The van der Waals surface area contributed by atoms with Crippen molar-refractivity contribution in [2.75, 3.05) is 39.8 Å². The molecule has 1 saturated heterocycles. The highest BCUT2D eigenvalue weighted by Crippen LogP contribution is 2.21. The second kappa shape index (κ2) is 7.20. The van der Waals surface area contributed by atoms with Gasteiger partial charge in [-0.2, -0.15) is 5.10 Å². The van der Waals surface area contributed by atoms with Crippen molar-refractivity contribution >= 4 is 5.91 Å². The summed E-state index contributed by atoms with van der Waals surface area (Å²) in [5, 5.41) is 7.06. The van der Waals surface area contributed by atoms with Gasteiger partial charge in [0, 0.05) is 51.5 Å². The van der Waals surface area contributed by atoms with E-state index in [9.17, 15) is 4.79 Å². The van der Waals surface area contributed by atoms with E-state index in [4.69, 9.17) is 4.42 Å². The fraction of sp³-hybridized carbons (Fsp3) is 0.611. The molecule has 3 rings (SSSR count). The summed E-state index contributed by atoms with van der Waals surface area (Å²) < 4.78 is 7.30. The van der Waals surface area contributed by atoms with E-state index in [1.165, 1.54) is 0 Å². The van der Waals surface area contributed by atoms with Crippen LogP contribution in [0.25, 0.3) is 11.5 Å². The Balaban J connectivity index is 1.55. The van der Waals surface area contributed by atoms with Gasteiger partial charge in [0.15, 0.2) is 5.69 Å². The number of nitrogens with zero attached hydrogens (tertiary/aromatic N) is 5. The predicted octanol–water partition coefficient (Wildman–Crippen LogP) is 1.14. The molecule has 1 amide bonds. The third-order valence-corrected chi connectivity index (χ3v) is 5.07. The van der Waals surface area contributed by atoms with Crippen LogP contribution in [-0.2, 0) is 7.05 Å². The molecule has 26 heavy (non-hydrogen) atoms. The monoisotopic (exact) mass is 360 g/mol. The van der Waals surface area contributed by atoms with E-state index in [0.29, 0.717) is 23.9 Å². The van der Waals surface area contributed by atoms with Crippen LogP contribution in [0.2, 0.25) is 0 Å². The molecule has 0 aromatic carbocycles. The molecule has 1 N–H and O–H groups in total. The number of likely N-dealkylation sites (N-methyl/N-ethyl adjacent to an activating group) is 1. The summed E-state index contributed by atoms with van der Waals surface area (Å²) in [7, 11) is 3.98. The topological polar surface area (TPSA) is 79.4 Å². The van der Waals surface area contributed by atoms with Crippen LogP contribution in [-0.4, -0.2) is 75.8 Å². The van der Waals surface area contributed by atoms with E-state index in [1.807, 2.05) is 13.2 Å². The molecule has 0 saturated carbocycles. The smallest absolute Gasteiger partial charge is 0.273 e. The maximum atomic E-state index is 12.5. The number of hydrogen-bond acceptors (Lipinski definition) is 6. The van der Waals surface area contributed by atoms with E-state index in [2.05, 4.69) is 46.1 Å². The van der Waals surface area contributed by atoms with E-state index >= 15 is 0 Å². The minimum Gasteiger partial charge on any atom is -0.440 e. The van der Waals surface area contributed by atoms with Crippen LogP contribution >= 0.6 is 0 Å². The number of amides is 1. The molecule has 8 nitrogen and oxygen atoms in total. The molecular formula is C18H28N6O2. The van der Waals surface area contributed by atoms with Crippen molar-refractivity contribution < 1.29 is 9.21 Å². The van der Waals surface area contributed by atoms with Crippen LogP contribution in [0.3, 0.4) is 0 Å². The van der Waals surface area contributed by atoms with Gasteiger partial charge in [0.1, 0.15) is 5.76 Å². The summed E-state index contributed by atoms with van der Waals surface area (Å²) in [6.45, 7) is 10.7. The number of hydrogen-bond donors (Lipinski definition) is 1. The largest absolute Gasteiger partial charge is 0.440 e. The Hall–Kier alpha value is -2.19. The van der Waals surface area contributed by atoms with Crippen molar-refractivity contribution in [1.29, 1.82) is 0 Å². The first kappa shape index (κ1) is 18.6. The van der Waals surface area contributed by atoms with Gasteiger partial charge in [-0.3, -0.25) is 19.3 Å². The van der Waals surface area contributed by atoms with Gasteiger partial charge in [-0.1, -0.05) is 0 Å². The average molecular weight is 360 g/mol. The normalized spacial score (nSPS) is 18.2. The first-order valence-corrected chi connectivity index (χ1v) is 8.94. The molecule has 1 fully saturated rings. The first-order chi connectivity index (χ1) is 12.3. The second-order valence-corrected chi connectivity index (χ2v) is 7.59. The number of aromatic nitrogens is 3. The minimum absolute atomic E-state index is 0.156. The molecule has 1 aliphatic rings. The Bertz CT molecular complexity index is 778. The number of aryl methyl sites for hydroxylation is 2. The third kappa shape index (κ3) is 3.96. The first-order valence-electron chi connectivity index (χ1n) is 8.94. The van der Waals surface area contributed by atoms with Crippen LogP contribution in [0.5, 0.6) is 0 Å². The zero-order valence-corrected chi connectivity index (χ0v) is 16.2. The predicted molar refractivity (Wildman–Crippen MR) is 98.9 cm³/mol. The summed E-state index contributed by atoms with van der Waals surface area (Å²) in [6.07, 6.45) is 3.48. The Kier molecular flexibility index (Phi) is 5.15. The lowest BCUT2D eigenvalue weighted by atomic mass is 10.00. The molecule has 0 atom stereocenters. The van der Waals surface area contributed by atoms with Crippen molar-refractivity contribution in [2.45, 2.75) is 26.3 Å². The lowest BCUT2D eigenvalue weighted by molar-refractivity contribution is 0.0405. The van der Waals surface area contributed by atoms with Crippen LogP contribution in [0.4, 0.5) is 0 Å². The molecule has 3 heterocycles. The summed E-state index contributed by atoms with van der Waals surface area (Å²) >= 11 is 0. The van der Waals surface area contributed by atoms with Crippen molar-refractivity contribution in [3.05, 3.63) is 23.8 Å². The van der Waals surface area contributed by atoms with Crippen LogP contribution in [0.15, 0.2) is 16.8 Å². The number of carbonyl (C=O) groups excluding carboxylic acids is 1. The SMILES string of the molecule is Cc1oc(-c2cnn(C)c2)nc1C(=O)NCCN1CCN(C)C(C)(C)C1. The van der Waals surface area contributed by atoms with E-state index in [1.54, 1.807) is 17.8 Å². The highest BCUT2D eigenvalue weighted by molar-refractivity contribution is 5.93. The van der Waals surface area contributed by atoms with Gasteiger partial charge >= 0.3 is 0 Å². The molecule has 0 aliphatic carbocycles. The van der Waals surface area contributed by atoms with E-state index in [0.717, 1.165) is 31.7 Å². The highest BCUT2D eigenvalue weighted by atomic mass is 16.4. The lowest BCUT2D eigenvalue weighted by Crippen LogP contribution is -2.58. The molecule has 2 aromatic rings. The van der Waals surface area contributed by atoms with Gasteiger partial charge in [-0.15, -0.1) is 0 Å². The standard InChI is InChI=1S/C18H28N6O2/c1-13-15(21-17(26-13)14-10-20-23(5)11-14)16(25)19-6-7-24-9-8-22(4)18(2,3)12-24/h10-11H,6-9,12H2,1-5H3,(H,19,25).